The molecule has 1 saturated carbocycles. The lowest BCUT2D eigenvalue weighted by Gasteiger charge is -2.27. The van der Waals surface area contributed by atoms with Crippen molar-refractivity contribution < 1.29 is 4.39 Å². The average molecular weight is 276 g/mol. The molecule has 0 radical (unpaired) electrons. The molecular formula is C17H25FN2. The molecule has 0 aromatic heterocycles. The van der Waals surface area contributed by atoms with E-state index >= 15 is 0 Å². The van der Waals surface area contributed by atoms with Gasteiger partial charge in [0.2, 0.25) is 0 Å². The van der Waals surface area contributed by atoms with Gasteiger partial charge >= 0.3 is 0 Å². The molecule has 3 rings (SSSR count). The molecular weight excluding hydrogens is 251 g/mol. The van der Waals surface area contributed by atoms with Gasteiger partial charge in [-0.3, -0.25) is 0 Å². The first-order chi connectivity index (χ1) is 9.76. The van der Waals surface area contributed by atoms with Gasteiger partial charge in [-0.25, -0.2) is 4.39 Å². The van der Waals surface area contributed by atoms with E-state index in [2.05, 4.69) is 17.1 Å². The Kier molecular flexibility index (Phi) is 4.25. The zero-order valence-electron chi connectivity index (χ0n) is 12.3. The van der Waals surface area contributed by atoms with Crippen LogP contribution in [0.25, 0.3) is 0 Å². The molecule has 2 nitrogen and oxygen atoms in total. The molecule has 0 bridgehead atoms. The maximum absolute atomic E-state index is 13.0. The van der Waals surface area contributed by atoms with Crippen LogP contribution in [-0.2, 0) is 0 Å². The van der Waals surface area contributed by atoms with Gasteiger partial charge in [0.25, 0.3) is 0 Å². The first kappa shape index (κ1) is 13.9. The van der Waals surface area contributed by atoms with E-state index in [0.29, 0.717) is 6.04 Å². The summed E-state index contributed by atoms with van der Waals surface area (Å²) >= 11 is 0. The molecule has 3 atom stereocenters. The fourth-order valence-electron chi connectivity index (χ4n) is 3.91. The van der Waals surface area contributed by atoms with E-state index in [9.17, 15) is 4.39 Å². The topological polar surface area (TPSA) is 15.3 Å². The number of hydrogen-bond acceptors (Lipinski definition) is 2. The van der Waals surface area contributed by atoms with Crippen LogP contribution in [0.4, 0.5) is 10.1 Å². The van der Waals surface area contributed by atoms with Crippen molar-refractivity contribution in [1.29, 1.82) is 0 Å². The largest absolute Gasteiger partial charge is 0.370 e. The highest BCUT2D eigenvalue weighted by atomic mass is 19.1. The van der Waals surface area contributed by atoms with Crippen molar-refractivity contribution in [2.75, 3.05) is 18.0 Å². The van der Waals surface area contributed by atoms with E-state index in [4.69, 9.17) is 0 Å². The Hall–Kier alpha value is -1.09. The van der Waals surface area contributed by atoms with Crippen molar-refractivity contribution in [3.05, 3.63) is 30.1 Å². The summed E-state index contributed by atoms with van der Waals surface area (Å²) in [4.78, 5) is 2.36. The third-order valence-corrected chi connectivity index (χ3v) is 4.96. The van der Waals surface area contributed by atoms with Crippen LogP contribution in [0.15, 0.2) is 24.3 Å². The molecule has 20 heavy (non-hydrogen) atoms. The predicted octanol–water partition coefficient (Wildman–Crippen LogP) is 3.57. The monoisotopic (exact) mass is 276 g/mol. The molecule has 1 aromatic rings. The van der Waals surface area contributed by atoms with Gasteiger partial charge in [-0.1, -0.05) is 12.8 Å². The van der Waals surface area contributed by atoms with Gasteiger partial charge in [0.15, 0.2) is 0 Å². The second-order valence-corrected chi connectivity index (χ2v) is 6.27. The standard InChI is InChI=1S/C17H25FN2/c1-2-20(16-9-7-14(18)8-10-16)12-15-11-13-5-3-4-6-17(13)19-15/h7-10,13,15,17,19H,2-6,11-12H2,1H3. The van der Waals surface area contributed by atoms with Crippen LogP contribution in [-0.4, -0.2) is 25.2 Å². The van der Waals surface area contributed by atoms with E-state index in [0.717, 1.165) is 30.7 Å². The van der Waals surface area contributed by atoms with E-state index in [-0.39, 0.29) is 5.82 Å². The SMILES string of the molecule is CCN(CC1CC2CCCCC2N1)c1ccc(F)cc1. The van der Waals surface area contributed by atoms with E-state index in [1.807, 2.05) is 12.1 Å². The quantitative estimate of drug-likeness (QED) is 0.904. The number of nitrogens with zero attached hydrogens (tertiary/aromatic N) is 1. The number of fused-ring (bicyclic) bond motifs is 1. The number of halogens is 1. The summed E-state index contributed by atoms with van der Waals surface area (Å²) in [5.41, 5.74) is 1.13. The zero-order valence-corrected chi connectivity index (χ0v) is 12.3. The van der Waals surface area contributed by atoms with Crippen molar-refractivity contribution >= 4 is 5.69 Å². The van der Waals surface area contributed by atoms with Crippen molar-refractivity contribution in [3.8, 4) is 0 Å². The Morgan fingerprint density at radius 1 is 1.20 bits per heavy atom. The second kappa shape index (κ2) is 6.13. The third kappa shape index (κ3) is 2.98. The van der Waals surface area contributed by atoms with Crippen LogP contribution < -0.4 is 10.2 Å². The molecule has 2 fully saturated rings. The summed E-state index contributed by atoms with van der Waals surface area (Å²) in [5, 5.41) is 3.82. The summed E-state index contributed by atoms with van der Waals surface area (Å²) in [5.74, 6) is 0.732. The first-order valence-electron chi connectivity index (χ1n) is 8.03. The van der Waals surface area contributed by atoms with Crippen molar-refractivity contribution in [2.24, 2.45) is 5.92 Å². The minimum atomic E-state index is -0.158. The Bertz CT molecular complexity index is 417. The Balaban J connectivity index is 1.62. The molecule has 2 aliphatic rings. The van der Waals surface area contributed by atoms with E-state index in [1.54, 1.807) is 12.1 Å². The molecule has 1 heterocycles. The summed E-state index contributed by atoms with van der Waals surface area (Å²) in [6.07, 6.45) is 6.85. The highest BCUT2D eigenvalue weighted by molar-refractivity contribution is 5.46. The lowest BCUT2D eigenvalue weighted by molar-refractivity contribution is 0.325. The van der Waals surface area contributed by atoms with Gasteiger partial charge < -0.3 is 10.2 Å². The smallest absolute Gasteiger partial charge is 0.123 e. The minimum Gasteiger partial charge on any atom is -0.370 e. The van der Waals surface area contributed by atoms with Crippen molar-refractivity contribution in [1.82, 2.24) is 5.32 Å². The lowest BCUT2D eigenvalue weighted by atomic mass is 9.85. The van der Waals surface area contributed by atoms with Crippen LogP contribution in [0.1, 0.15) is 39.0 Å². The number of nitrogens with one attached hydrogen (secondary N) is 1. The Labute approximate surface area is 121 Å². The highest BCUT2D eigenvalue weighted by Gasteiger charge is 2.35. The maximum Gasteiger partial charge on any atom is 0.123 e. The summed E-state index contributed by atoms with van der Waals surface area (Å²) in [6.45, 7) is 4.18. The average Bonchev–Trinajstić information content (AvgIpc) is 2.88. The number of benzene rings is 1. The van der Waals surface area contributed by atoms with Crippen molar-refractivity contribution in [2.45, 2.75) is 51.1 Å². The summed E-state index contributed by atoms with van der Waals surface area (Å²) in [7, 11) is 0. The molecule has 110 valence electrons. The molecule has 0 amide bonds. The molecule has 1 N–H and O–H groups in total. The van der Waals surface area contributed by atoms with Gasteiger partial charge in [-0.15, -0.1) is 0 Å². The van der Waals surface area contributed by atoms with Gasteiger partial charge in [0.05, 0.1) is 0 Å². The highest BCUT2D eigenvalue weighted by Crippen LogP contribution is 2.33. The van der Waals surface area contributed by atoms with Gasteiger partial charge in [0.1, 0.15) is 5.82 Å². The minimum absolute atomic E-state index is 0.158. The molecule has 1 saturated heterocycles. The van der Waals surface area contributed by atoms with Gasteiger partial charge in [-0.2, -0.15) is 0 Å². The Morgan fingerprint density at radius 2 is 1.95 bits per heavy atom. The third-order valence-electron chi connectivity index (χ3n) is 4.96. The Morgan fingerprint density at radius 3 is 2.65 bits per heavy atom. The van der Waals surface area contributed by atoms with Crippen molar-refractivity contribution in [3.63, 3.8) is 0 Å². The maximum atomic E-state index is 13.0. The molecule has 0 spiro atoms. The predicted molar refractivity (Wildman–Crippen MR) is 81.6 cm³/mol. The normalized spacial score (nSPS) is 29.2. The molecule has 3 unspecified atom stereocenters. The first-order valence-corrected chi connectivity index (χ1v) is 8.03. The molecule has 3 heteroatoms. The zero-order chi connectivity index (χ0) is 13.9. The van der Waals surface area contributed by atoms with Crippen LogP contribution >= 0.6 is 0 Å². The fourth-order valence-corrected chi connectivity index (χ4v) is 3.91. The van der Waals surface area contributed by atoms with Gasteiger partial charge in [0, 0.05) is 30.9 Å². The molecule has 1 aliphatic heterocycles. The van der Waals surface area contributed by atoms with E-state index < -0.39 is 0 Å². The number of rotatable bonds is 4. The van der Waals surface area contributed by atoms with E-state index in [1.165, 1.54) is 32.1 Å². The second-order valence-electron chi connectivity index (χ2n) is 6.27. The summed E-state index contributed by atoms with van der Waals surface area (Å²) in [6, 6.07) is 8.23. The van der Waals surface area contributed by atoms with Crippen LogP contribution in [0.2, 0.25) is 0 Å². The molecule has 1 aliphatic carbocycles. The lowest BCUT2D eigenvalue weighted by Crippen LogP contribution is -2.40. The number of likely N-dealkylation sites (N-methyl/N-ethyl adjacent to an activating group) is 1. The molecule has 1 aromatic carbocycles. The summed E-state index contributed by atoms with van der Waals surface area (Å²) < 4.78 is 13.0. The van der Waals surface area contributed by atoms with Crippen LogP contribution in [0.5, 0.6) is 0 Å². The number of anilines is 1. The van der Waals surface area contributed by atoms with Gasteiger partial charge in [-0.05, 0) is 56.4 Å². The van der Waals surface area contributed by atoms with Crippen LogP contribution in [0.3, 0.4) is 0 Å². The fraction of sp³-hybridized carbons (Fsp3) is 0.647. The van der Waals surface area contributed by atoms with Crippen LogP contribution in [0, 0.1) is 11.7 Å². The number of hydrogen-bond donors (Lipinski definition) is 1.